The minimum Gasteiger partial charge on any atom is -0.383 e. The van der Waals surface area contributed by atoms with Crippen LogP contribution in [0, 0.1) is 41.4 Å². The molecule has 5 aromatic rings. The highest BCUT2D eigenvalue weighted by atomic mass is 15.0. The third-order valence-corrected chi connectivity index (χ3v) is 15.9. The lowest BCUT2D eigenvalue weighted by atomic mass is 9.88. The van der Waals surface area contributed by atoms with Crippen LogP contribution in [-0.2, 0) is 6.54 Å². The number of aromatic nitrogens is 1. The van der Waals surface area contributed by atoms with E-state index in [4.69, 9.17) is 15.7 Å². The van der Waals surface area contributed by atoms with Gasteiger partial charge in [0.2, 0.25) is 0 Å². The van der Waals surface area contributed by atoms with E-state index in [2.05, 4.69) is 174 Å². The van der Waals surface area contributed by atoms with Crippen molar-refractivity contribution in [1.29, 1.82) is 0 Å². The standard InChI is InChI=1S/C61H53N5/c62-60(48-18-11-10-14-38-29-49(38)48)65-61(36-12-4-1-5-13-36)63-35-40-22-25-57(59-46(40)23-20-39-30-51(39)59)66-56-24-21-37(28-53(56)54-32-42-26-43(42)34-58(54)66)41-27-44-33-50(44)52(31-41)47-17-8-3-9-19-55(47)64-45-15-6-2-7-16-45/h1-2,4-13,15-25,27-28,31-32,34,38-39,42-44,49-51,64H,3,14,26,29-30,33,35H2,(H2,62,63,65). The maximum atomic E-state index is 6.83. The Kier molecular flexibility index (Phi) is 8.72. The van der Waals surface area contributed by atoms with Crippen molar-refractivity contribution in [3.05, 3.63) is 213 Å². The van der Waals surface area contributed by atoms with Crippen LogP contribution in [0.2, 0.25) is 0 Å². The van der Waals surface area contributed by atoms with Crippen LogP contribution in [0.1, 0.15) is 72.3 Å². The number of anilines is 1. The molecule has 3 N–H and O–H groups in total. The number of fused-ring (bicyclic) bond motifs is 9. The van der Waals surface area contributed by atoms with E-state index in [9.17, 15) is 0 Å². The van der Waals surface area contributed by atoms with Crippen molar-refractivity contribution < 1.29 is 0 Å². The fraction of sp³-hybridized carbons (Fsp3) is 0.246. The smallest absolute Gasteiger partial charge is 0.157 e. The van der Waals surface area contributed by atoms with Gasteiger partial charge in [-0.2, -0.15) is 0 Å². The van der Waals surface area contributed by atoms with Crippen LogP contribution < -0.4 is 21.6 Å². The molecule has 9 aliphatic carbocycles. The summed E-state index contributed by atoms with van der Waals surface area (Å²) in [6.07, 6.45) is 37.8. The predicted octanol–water partition coefficient (Wildman–Crippen LogP) is 11.6. The second kappa shape index (κ2) is 15.0. The summed E-state index contributed by atoms with van der Waals surface area (Å²) in [5.41, 5.74) is 23.4. The van der Waals surface area contributed by atoms with Crippen LogP contribution >= 0.6 is 0 Å². The van der Waals surface area contributed by atoms with E-state index in [0.717, 1.165) is 29.7 Å². The van der Waals surface area contributed by atoms with Gasteiger partial charge in [0.05, 0.1) is 23.1 Å². The van der Waals surface area contributed by atoms with Crippen LogP contribution in [0.4, 0.5) is 5.69 Å². The minimum absolute atomic E-state index is 0.500. The molecule has 0 spiro atoms. The molecule has 14 rings (SSSR count). The number of nitrogens with one attached hydrogen (secondary N) is 1. The lowest BCUT2D eigenvalue weighted by molar-refractivity contribution is 0.802. The van der Waals surface area contributed by atoms with Crippen LogP contribution in [0.25, 0.3) is 40.4 Å². The molecule has 0 amide bonds. The summed E-state index contributed by atoms with van der Waals surface area (Å²) in [6, 6.07) is 33.0. The SMILES string of the molecule is NC(=NC(=NCc1ccc(-n2c3c(c4cc(C5=CC6CC6C(C6=C(Nc7ccccc7)C=CCC=C6)=C5)ccc42)=CC2CC2C=3)c2c1C=CC1CC21)c1ccccc1)C1=CC=CCC2CC12. The molecular weight excluding hydrogens is 803 g/mol. The maximum absolute atomic E-state index is 6.83. The summed E-state index contributed by atoms with van der Waals surface area (Å²) >= 11 is 0. The number of hydrogen-bond acceptors (Lipinski definition) is 2. The van der Waals surface area contributed by atoms with Crippen molar-refractivity contribution >= 4 is 52.1 Å². The fourth-order valence-electron chi connectivity index (χ4n) is 12.0. The van der Waals surface area contributed by atoms with Crippen molar-refractivity contribution in [3.63, 3.8) is 0 Å². The molecule has 8 unspecified atom stereocenters. The molecular formula is C61H53N5. The molecule has 1 heterocycles. The Morgan fingerprint density at radius 1 is 0.758 bits per heavy atom. The lowest BCUT2D eigenvalue weighted by Gasteiger charge is -2.21. The van der Waals surface area contributed by atoms with Crippen molar-refractivity contribution in [1.82, 2.24) is 4.57 Å². The first-order valence-electron chi connectivity index (χ1n) is 24.5. The third kappa shape index (κ3) is 6.65. The van der Waals surface area contributed by atoms with Crippen LogP contribution in [-0.4, -0.2) is 16.2 Å². The number of rotatable bonds is 9. The van der Waals surface area contributed by atoms with Crippen molar-refractivity contribution in [2.24, 2.45) is 57.1 Å². The van der Waals surface area contributed by atoms with Crippen LogP contribution in [0.5, 0.6) is 0 Å². The molecule has 0 radical (unpaired) electrons. The number of para-hydroxylation sites is 1. The predicted molar refractivity (Wildman–Crippen MR) is 272 cm³/mol. The molecule has 5 nitrogen and oxygen atoms in total. The van der Waals surface area contributed by atoms with Gasteiger partial charge in [-0.05, 0) is 161 Å². The number of hydrogen-bond donors (Lipinski definition) is 2. The van der Waals surface area contributed by atoms with E-state index in [-0.39, 0.29) is 0 Å². The second-order valence-electron chi connectivity index (χ2n) is 20.2. The highest BCUT2D eigenvalue weighted by molar-refractivity contribution is 6.11. The lowest BCUT2D eigenvalue weighted by Crippen LogP contribution is -2.31. The van der Waals surface area contributed by atoms with Gasteiger partial charge < -0.3 is 15.6 Å². The molecule has 66 heavy (non-hydrogen) atoms. The quantitative estimate of drug-likeness (QED) is 0.115. The monoisotopic (exact) mass is 855 g/mol. The summed E-state index contributed by atoms with van der Waals surface area (Å²) in [6.45, 7) is 0.535. The normalized spacial score (nSPS) is 28.2. The van der Waals surface area contributed by atoms with Crippen molar-refractivity contribution in [2.45, 2.75) is 51.0 Å². The Balaban J connectivity index is 0.853. The summed E-state index contributed by atoms with van der Waals surface area (Å²) in [5, 5.41) is 7.90. The molecule has 322 valence electrons. The average molecular weight is 856 g/mol. The molecule has 4 saturated carbocycles. The summed E-state index contributed by atoms with van der Waals surface area (Å²) in [4.78, 5) is 10.4. The highest BCUT2D eigenvalue weighted by Crippen LogP contribution is 2.56. The molecule has 1 aromatic heterocycles. The Hall–Kier alpha value is -6.98. The summed E-state index contributed by atoms with van der Waals surface area (Å²) in [5.74, 6) is 6.02. The molecule has 0 aliphatic heterocycles. The third-order valence-electron chi connectivity index (χ3n) is 15.9. The fourth-order valence-corrected chi connectivity index (χ4v) is 12.0. The van der Waals surface area contributed by atoms with E-state index < -0.39 is 0 Å². The van der Waals surface area contributed by atoms with Gasteiger partial charge in [-0.3, -0.25) is 4.99 Å². The summed E-state index contributed by atoms with van der Waals surface area (Å²) < 4.78 is 2.63. The second-order valence-corrected chi connectivity index (χ2v) is 20.2. The van der Waals surface area contributed by atoms with E-state index in [1.54, 1.807) is 0 Å². The molecule has 8 atom stereocenters. The van der Waals surface area contributed by atoms with Crippen LogP contribution in [0.15, 0.2) is 184 Å². The maximum Gasteiger partial charge on any atom is 0.157 e. The zero-order valence-electron chi connectivity index (χ0n) is 37.2. The van der Waals surface area contributed by atoms with Gasteiger partial charge in [-0.25, -0.2) is 4.99 Å². The minimum atomic E-state index is 0.500. The van der Waals surface area contributed by atoms with Gasteiger partial charge in [-0.1, -0.05) is 134 Å². The zero-order chi connectivity index (χ0) is 43.5. The topological polar surface area (TPSA) is 67.7 Å². The van der Waals surface area contributed by atoms with Crippen molar-refractivity contribution in [2.75, 3.05) is 5.32 Å². The number of benzene rings is 4. The zero-order valence-corrected chi connectivity index (χ0v) is 37.2. The number of aliphatic imine (C=N–C) groups is 2. The number of allylic oxidation sites excluding steroid dienone is 13. The van der Waals surface area contributed by atoms with Gasteiger partial charge in [0.15, 0.2) is 5.84 Å². The van der Waals surface area contributed by atoms with E-state index in [1.165, 1.54) is 97.5 Å². The van der Waals surface area contributed by atoms with Gasteiger partial charge in [0.25, 0.3) is 0 Å². The Morgan fingerprint density at radius 2 is 1.61 bits per heavy atom. The summed E-state index contributed by atoms with van der Waals surface area (Å²) in [7, 11) is 0. The number of amidine groups is 2. The van der Waals surface area contributed by atoms with Gasteiger partial charge in [0.1, 0.15) is 5.84 Å². The van der Waals surface area contributed by atoms with Gasteiger partial charge >= 0.3 is 0 Å². The van der Waals surface area contributed by atoms with Gasteiger partial charge in [0, 0.05) is 33.1 Å². The van der Waals surface area contributed by atoms with E-state index in [0.29, 0.717) is 65.6 Å². The molecule has 4 aromatic carbocycles. The largest absolute Gasteiger partial charge is 0.383 e. The molecule has 9 aliphatic rings. The van der Waals surface area contributed by atoms with Gasteiger partial charge in [-0.15, -0.1) is 0 Å². The van der Waals surface area contributed by atoms with E-state index in [1.807, 2.05) is 6.07 Å². The highest BCUT2D eigenvalue weighted by Gasteiger charge is 2.44. The van der Waals surface area contributed by atoms with Crippen molar-refractivity contribution in [3.8, 4) is 5.69 Å². The number of nitrogens with two attached hydrogens (primary N) is 1. The van der Waals surface area contributed by atoms with E-state index >= 15 is 0 Å². The van der Waals surface area contributed by atoms with Crippen LogP contribution in [0.3, 0.4) is 0 Å². The Morgan fingerprint density at radius 3 is 2.52 bits per heavy atom. The Bertz CT molecular complexity index is 3360. The average Bonchev–Trinajstić information content (AvgIpc) is 4.15. The molecule has 4 fully saturated rings. The first-order valence-corrected chi connectivity index (χ1v) is 24.5. The first kappa shape index (κ1) is 38.3. The first-order chi connectivity index (χ1) is 32.6. The molecule has 0 bridgehead atoms. The number of nitrogens with zero attached hydrogens (tertiary/aromatic N) is 3. The molecule has 0 saturated heterocycles. The Labute approximate surface area is 386 Å². The molecule has 5 heteroatoms.